The molecule has 1 aliphatic rings. The van der Waals surface area contributed by atoms with Crippen LogP contribution in [0.2, 0.25) is 0 Å². The summed E-state index contributed by atoms with van der Waals surface area (Å²) >= 11 is 0. The number of hydrogen-bond acceptors (Lipinski definition) is 4. The first kappa shape index (κ1) is 14.1. The Morgan fingerprint density at radius 2 is 1.76 bits per heavy atom. The lowest BCUT2D eigenvalue weighted by molar-refractivity contribution is -0.134. The lowest BCUT2D eigenvalue weighted by Gasteiger charge is -2.33. The largest absolute Gasteiger partial charge is 0.339 e. The maximum atomic E-state index is 11.9. The Balaban J connectivity index is 2.26. The first-order chi connectivity index (χ1) is 7.99. The smallest absolute Gasteiger partial charge is 0.236 e. The van der Waals surface area contributed by atoms with Crippen LogP contribution in [0, 0.1) is 0 Å². The number of likely N-dealkylation sites (N-methyl/N-ethyl adjacent to an activating group) is 2. The van der Waals surface area contributed by atoms with Crippen molar-refractivity contribution >= 4 is 11.7 Å². The number of hydrogen-bond donors (Lipinski definition) is 0. The minimum Gasteiger partial charge on any atom is -0.339 e. The maximum absolute atomic E-state index is 11.9. The number of carbonyl (C=O) groups excluding carboxylic acids is 2. The van der Waals surface area contributed by atoms with Crippen molar-refractivity contribution < 1.29 is 9.59 Å². The standard InChI is InChI=1S/C12H23N3O2/c1-11(16)4-5-14(3)10-12(17)15-8-6-13(2)7-9-15/h4-10H2,1-3H3. The minimum atomic E-state index is 0.170. The number of carbonyl (C=O) groups is 2. The van der Waals surface area contributed by atoms with Crippen LogP contribution in [-0.2, 0) is 9.59 Å². The second-order valence-corrected chi connectivity index (χ2v) is 4.87. The number of ketones is 1. The lowest BCUT2D eigenvalue weighted by atomic mass is 10.3. The van der Waals surface area contributed by atoms with Crippen molar-refractivity contribution in [3.63, 3.8) is 0 Å². The Labute approximate surface area is 103 Å². The quantitative estimate of drug-likeness (QED) is 0.661. The fourth-order valence-electron chi connectivity index (χ4n) is 1.81. The van der Waals surface area contributed by atoms with Gasteiger partial charge in [-0.25, -0.2) is 0 Å². The number of amides is 1. The molecule has 0 atom stereocenters. The SMILES string of the molecule is CC(=O)CCN(C)CC(=O)N1CCN(C)CC1. The van der Waals surface area contributed by atoms with E-state index in [1.807, 2.05) is 16.8 Å². The summed E-state index contributed by atoms with van der Waals surface area (Å²) in [6.45, 7) is 6.18. The van der Waals surface area contributed by atoms with Gasteiger partial charge in [-0.1, -0.05) is 0 Å². The van der Waals surface area contributed by atoms with Crippen LogP contribution in [0.15, 0.2) is 0 Å². The molecule has 0 aromatic carbocycles. The predicted octanol–water partition coefficient (Wildman–Crippen LogP) is -0.329. The van der Waals surface area contributed by atoms with Gasteiger partial charge >= 0.3 is 0 Å². The van der Waals surface area contributed by atoms with Crippen LogP contribution in [-0.4, -0.2) is 79.8 Å². The van der Waals surface area contributed by atoms with Crippen LogP contribution in [0.1, 0.15) is 13.3 Å². The van der Waals surface area contributed by atoms with Crippen LogP contribution in [0.5, 0.6) is 0 Å². The van der Waals surface area contributed by atoms with E-state index in [1.54, 1.807) is 6.92 Å². The van der Waals surface area contributed by atoms with Crippen molar-refractivity contribution in [3.05, 3.63) is 0 Å². The molecule has 1 saturated heterocycles. The fraction of sp³-hybridized carbons (Fsp3) is 0.833. The summed E-state index contributed by atoms with van der Waals surface area (Å²) in [4.78, 5) is 28.8. The number of Topliss-reactive ketones (excluding diaryl/α,β-unsaturated/α-hetero) is 1. The van der Waals surface area contributed by atoms with Crippen molar-refractivity contribution in [1.82, 2.24) is 14.7 Å². The molecular formula is C12H23N3O2. The van der Waals surface area contributed by atoms with Gasteiger partial charge in [0.05, 0.1) is 6.54 Å². The highest BCUT2D eigenvalue weighted by Crippen LogP contribution is 2.01. The first-order valence-corrected chi connectivity index (χ1v) is 6.13. The van der Waals surface area contributed by atoms with E-state index in [1.165, 1.54) is 0 Å². The Morgan fingerprint density at radius 3 is 2.29 bits per heavy atom. The van der Waals surface area contributed by atoms with Gasteiger partial charge in [0.2, 0.25) is 5.91 Å². The third-order valence-corrected chi connectivity index (χ3v) is 3.11. The molecule has 1 fully saturated rings. The van der Waals surface area contributed by atoms with Crippen molar-refractivity contribution in [1.29, 1.82) is 0 Å². The fourth-order valence-corrected chi connectivity index (χ4v) is 1.81. The lowest BCUT2D eigenvalue weighted by Crippen LogP contribution is -2.49. The van der Waals surface area contributed by atoms with Crippen molar-refractivity contribution in [2.24, 2.45) is 0 Å². The highest BCUT2D eigenvalue weighted by molar-refractivity contribution is 5.78. The topological polar surface area (TPSA) is 43.9 Å². The second kappa shape index (κ2) is 6.71. The van der Waals surface area contributed by atoms with E-state index in [0.29, 0.717) is 19.5 Å². The van der Waals surface area contributed by atoms with Gasteiger partial charge in [-0.05, 0) is 21.0 Å². The van der Waals surface area contributed by atoms with Gasteiger partial charge in [0.1, 0.15) is 5.78 Å². The molecule has 0 saturated carbocycles. The van der Waals surface area contributed by atoms with Crippen molar-refractivity contribution in [2.75, 3.05) is 53.4 Å². The normalized spacial score (nSPS) is 17.5. The first-order valence-electron chi connectivity index (χ1n) is 6.13. The monoisotopic (exact) mass is 241 g/mol. The summed E-state index contributed by atoms with van der Waals surface area (Å²) in [6, 6.07) is 0. The number of nitrogens with zero attached hydrogens (tertiary/aromatic N) is 3. The van der Waals surface area contributed by atoms with Gasteiger partial charge in [-0.2, -0.15) is 0 Å². The Bertz CT molecular complexity index is 273. The zero-order chi connectivity index (χ0) is 12.8. The highest BCUT2D eigenvalue weighted by Gasteiger charge is 2.19. The van der Waals surface area contributed by atoms with E-state index in [0.717, 1.165) is 26.2 Å². The molecule has 17 heavy (non-hydrogen) atoms. The van der Waals surface area contributed by atoms with Crippen LogP contribution in [0.4, 0.5) is 0 Å². The Hall–Kier alpha value is -0.940. The Kier molecular flexibility index (Phi) is 5.58. The second-order valence-electron chi connectivity index (χ2n) is 4.87. The molecule has 5 heteroatoms. The summed E-state index contributed by atoms with van der Waals surface area (Å²) in [5.41, 5.74) is 0. The van der Waals surface area contributed by atoms with Crippen LogP contribution >= 0.6 is 0 Å². The third-order valence-electron chi connectivity index (χ3n) is 3.11. The number of piperazine rings is 1. The average molecular weight is 241 g/mol. The molecule has 1 amide bonds. The third kappa shape index (κ3) is 5.28. The van der Waals surface area contributed by atoms with Crippen LogP contribution in [0.25, 0.3) is 0 Å². The van der Waals surface area contributed by atoms with Crippen LogP contribution < -0.4 is 0 Å². The van der Waals surface area contributed by atoms with E-state index in [4.69, 9.17) is 0 Å². The van der Waals surface area contributed by atoms with E-state index in [9.17, 15) is 9.59 Å². The molecule has 1 rings (SSSR count). The van der Waals surface area contributed by atoms with Gasteiger partial charge in [-0.15, -0.1) is 0 Å². The van der Waals surface area contributed by atoms with Crippen molar-refractivity contribution in [3.8, 4) is 0 Å². The molecule has 0 radical (unpaired) electrons. The Morgan fingerprint density at radius 1 is 1.18 bits per heavy atom. The average Bonchev–Trinajstić information content (AvgIpc) is 2.27. The van der Waals surface area contributed by atoms with E-state index in [2.05, 4.69) is 11.9 Å². The molecule has 0 unspecified atom stereocenters. The molecule has 0 aromatic rings. The molecule has 0 bridgehead atoms. The highest BCUT2D eigenvalue weighted by atomic mass is 16.2. The van der Waals surface area contributed by atoms with Gasteiger partial charge in [0.25, 0.3) is 0 Å². The molecule has 0 aliphatic carbocycles. The molecule has 0 aromatic heterocycles. The van der Waals surface area contributed by atoms with Crippen LogP contribution in [0.3, 0.4) is 0 Å². The zero-order valence-electron chi connectivity index (χ0n) is 11.1. The minimum absolute atomic E-state index is 0.170. The molecule has 5 nitrogen and oxygen atoms in total. The molecular weight excluding hydrogens is 218 g/mol. The summed E-state index contributed by atoms with van der Waals surface area (Å²) < 4.78 is 0. The molecule has 1 aliphatic heterocycles. The van der Waals surface area contributed by atoms with Gasteiger partial charge in [-0.3, -0.25) is 14.5 Å². The zero-order valence-corrected chi connectivity index (χ0v) is 11.1. The maximum Gasteiger partial charge on any atom is 0.236 e. The van der Waals surface area contributed by atoms with Gasteiger partial charge in [0, 0.05) is 39.1 Å². The predicted molar refractivity (Wildman–Crippen MR) is 66.9 cm³/mol. The van der Waals surface area contributed by atoms with Gasteiger partial charge in [0.15, 0.2) is 0 Å². The summed E-state index contributed by atoms with van der Waals surface area (Å²) in [7, 11) is 3.96. The van der Waals surface area contributed by atoms with E-state index >= 15 is 0 Å². The molecule has 0 spiro atoms. The van der Waals surface area contributed by atoms with E-state index < -0.39 is 0 Å². The summed E-state index contributed by atoms with van der Waals surface area (Å²) in [6.07, 6.45) is 0.520. The molecule has 1 heterocycles. The number of rotatable bonds is 5. The van der Waals surface area contributed by atoms with Crippen molar-refractivity contribution in [2.45, 2.75) is 13.3 Å². The summed E-state index contributed by atoms with van der Waals surface area (Å²) in [5.74, 6) is 0.341. The molecule has 98 valence electrons. The van der Waals surface area contributed by atoms with Gasteiger partial charge < -0.3 is 9.80 Å². The van der Waals surface area contributed by atoms with E-state index in [-0.39, 0.29) is 11.7 Å². The summed E-state index contributed by atoms with van der Waals surface area (Å²) in [5, 5.41) is 0. The molecule has 0 N–H and O–H groups in total.